The van der Waals surface area contributed by atoms with E-state index in [0.29, 0.717) is 5.92 Å². The molecular weight excluding hydrogens is 304 g/mol. The predicted octanol–water partition coefficient (Wildman–Crippen LogP) is 5.32. The number of esters is 1. The first-order chi connectivity index (χ1) is 11.5. The van der Waals surface area contributed by atoms with Gasteiger partial charge in [-0.2, -0.15) is 0 Å². The van der Waals surface area contributed by atoms with Gasteiger partial charge in [-0.15, -0.1) is 0 Å². The maximum atomic E-state index is 12.4. The summed E-state index contributed by atoms with van der Waals surface area (Å²) in [4.78, 5) is 23.6. The van der Waals surface area contributed by atoms with Crippen molar-refractivity contribution in [3.05, 3.63) is 35.4 Å². The van der Waals surface area contributed by atoms with Crippen molar-refractivity contribution in [2.75, 3.05) is 0 Å². The zero-order chi connectivity index (χ0) is 17.9. The normalized spacial score (nSPS) is 12.2. The van der Waals surface area contributed by atoms with E-state index in [1.54, 1.807) is 12.1 Å². The molecule has 0 bridgehead atoms. The summed E-state index contributed by atoms with van der Waals surface area (Å²) in [6.45, 7) is 6.52. The molecule has 4 heteroatoms. The van der Waals surface area contributed by atoms with Crippen LogP contribution < -0.4 is 0 Å². The van der Waals surface area contributed by atoms with Gasteiger partial charge in [-0.05, 0) is 37.3 Å². The molecule has 1 aromatic carbocycles. The Labute approximate surface area is 145 Å². The van der Waals surface area contributed by atoms with Crippen LogP contribution in [-0.2, 0) is 4.74 Å². The van der Waals surface area contributed by atoms with Gasteiger partial charge in [-0.25, -0.2) is 9.59 Å². The van der Waals surface area contributed by atoms with Crippen LogP contribution in [0.25, 0.3) is 0 Å². The highest BCUT2D eigenvalue weighted by Crippen LogP contribution is 2.18. The Morgan fingerprint density at radius 3 is 2.17 bits per heavy atom. The number of carbonyl (C=O) groups excluding carboxylic acids is 1. The van der Waals surface area contributed by atoms with Crippen molar-refractivity contribution in [3.63, 3.8) is 0 Å². The number of hydrogen-bond acceptors (Lipinski definition) is 3. The van der Waals surface area contributed by atoms with Gasteiger partial charge in [0.05, 0.1) is 11.1 Å². The minimum absolute atomic E-state index is 0.00320. The molecule has 0 radical (unpaired) electrons. The van der Waals surface area contributed by atoms with Crippen LogP contribution in [0.2, 0.25) is 0 Å². The van der Waals surface area contributed by atoms with Crippen molar-refractivity contribution in [2.24, 2.45) is 5.92 Å². The summed E-state index contributed by atoms with van der Waals surface area (Å²) in [6.07, 6.45) is 6.92. The summed E-state index contributed by atoms with van der Waals surface area (Å²) in [5.74, 6) is -0.952. The summed E-state index contributed by atoms with van der Waals surface area (Å²) in [7, 11) is 0. The summed E-state index contributed by atoms with van der Waals surface area (Å²) in [5.41, 5.74) is 0.130. The molecule has 0 spiro atoms. The van der Waals surface area contributed by atoms with Crippen LogP contribution in [0.4, 0.5) is 0 Å². The number of carbonyl (C=O) groups is 2. The first-order valence-electron chi connectivity index (χ1n) is 8.99. The molecule has 0 fully saturated rings. The van der Waals surface area contributed by atoms with Gasteiger partial charge in [-0.1, -0.05) is 58.6 Å². The van der Waals surface area contributed by atoms with Crippen LogP contribution in [0, 0.1) is 5.92 Å². The van der Waals surface area contributed by atoms with Crippen LogP contribution in [-0.4, -0.2) is 23.1 Å². The van der Waals surface area contributed by atoms with E-state index in [-0.39, 0.29) is 17.2 Å². The molecular formula is C20H30O4. The van der Waals surface area contributed by atoms with Crippen LogP contribution in [0.3, 0.4) is 0 Å². The predicted molar refractivity (Wildman–Crippen MR) is 95.4 cm³/mol. The first-order valence-corrected chi connectivity index (χ1v) is 8.99. The van der Waals surface area contributed by atoms with Crippen molar-refractivity contribution < 1.29 is 19.4 Å². The quantitative estimate of drug-likeness (QED) is 0.439. The molecule has 24 heavy (non-hydrogen) atoms. The van der Waals surface area contributed by atoms with Gasteiger partial charge >= 0.3 is 11.9 Å². The SMILES string of the molecule is CCCCC(CCCCC(C)C)OC(=O)c1ccccc1C(=O)O. The molecule has 0 aliphatic heterocycles. The van der Waals surface area contributed by atoms with Gasteiger partial charge in [0.15, 0.2) is 0 Å². The summed E-state index contributed by atoms with van der Waals surface area (Å²) in [6, 6.07) is 6.22. The molecule has 0 heterocycles. The molecule has 1 N–H and O–H groups in total. The Kier molecular flexibility index (Phi) is 9.13. The third kappa shape index (κ3) is 7.16. The lowest BCUT2D eigenvalue weighted by Crippen LogP contribution is -2.20. The Hall–Kier alpha value is -1.84. The number of carboxylic acid groups (broad SMARTS) is 1. The highest BCUT2D eigenvalue weighted by Gasteiger charge is 2.20. The fourth-order valence-electron chi connectivity index (χ4n) is 2.68. The van der Waals surface area contributed by atoms with E-state index in [2.05, 4.69) is 20.8 Å². The minimum Gasteiger partial charge on any atom is -0.478 e. The van der Waals surface area contributed by atoms with E-state index >= 15 is 0 Å². The maximum Gasteiger partial charge on any atom is 0.339 e. The van der Waals surface area contributed by atoms with Crippen molar-refractivity contribution in [1.29, 1.82) is 0 Å². The summed E-state index contributed by atoms with van der Waals surface area (Å²) >= 11 is 0. The van der Waals surface area contributed by atoms with Gasteiger partial charge in [0.2, 0.25) is 0 Å². The molecule has 0 aliphatic rings. The van der Waals surface area contributed by atoms with Gasteiger partial charge < -0.3 is 9.84 Å². The number of ether oxygens (including phenoxy) is 1. The largest absolute Gasteiger partial charge is 0.478 e. The molecule has 1 unspecified atom stereocenters. The van der Waals surface area contributed by atoms with Gasteiger partial charge in [0.25, 0.3) is 0 Å². The molecule has 0 saturated heterocycles. The van der Waals surface area contributed by atoms with Gasteiger partial charge in [-0.3, -0.25) is 0 Å². The molecule has 0 saturated carbocycles. The zero-order valence-electron chi connectivity index (χ0n) is 15.1. The lowest BCUT2D eigenvalue weighted by molar-refractivity contribution is 0.0244. The fourth-order valence-corrected chi connectivity index (χ4v) is 2.68. The summed E-state index contributed by atoms with van der Waals surface area (Å²) < 4.78 is 5.63. The Morgan fingerprint density at radius 1 is 1.00 bits per heavy atom. The number of benzene rings is 1. The molecule has 0 aliphatic carbocycles. The minimum atomic E-state index is -1.11. The highest BCUT2D eigenvalue weighted by molar-refractivity contribution is 6.02. The van der Waals surface area contributed by atoms with Crippen molar-refractivity contribution in [1.82, 2.24) is 0 Å². The van der Waals surface area contributed by atoms with Gasteiger partial charge in [0.1, 0.15) is 6.10 Å². The molecule has 134 valence electrons. The average molecular weight is 334 g/mol. The van der Waals surface area contributed by atoms with E-state index < -0.39 is 11.9 Å². The second-order valence-electron chi connectivity index (χ2n) is 6.70. The molecule has 1 aromatic rings. The Morgan fingerprint density at radius 2 is 1.58 bits per heavy atom. The van der Waals surface area contributed by atoms with E-state index in [4.69, 9.17) is 4.74 Å². The molecule has 1 rings (SSSR count). The third-order valence-electron chi connectivity index (χ3n) is 4.09. The van der Waals surface area contributed by atoms with Crippen molar-refractivity contribution in [3.8, 4) is 0 Å². The number of hydrogen-bond donors (Lipinski definition) is 1. The van der Waals surface area contributed by atoms with Crippen LogP contribution in [0.5, 0.6) is 0 Å². The third-order valence-corrected chi connectivity index (χ3v) is 4.09. The number of unbranched alkanes of at least 4 members (excludes halogenated alkanes) is 2. The van der Waals surface area contributed by atoms with E-state index in [1.807, 2.05) is 0 Å². The molecule has 0 aromatic heterocycles. The maximum absolute atomic E-state index is 12.4. The van der Waals surface area contributed by atoms with Gasteiger partial charge in [0, 0.05) is 0 Å². The van der Waals surface area contributed by atoms with Crippen LogP contribution in [0.1, 0.15) is 86.4 Å². The van der Waals surface area contributed by atoms with E-state index in [0.717, 1.165) is 38.5 Å². The molecule has 4 nitrogen and oxygen atoms in total. The molecule has 1 atom stereocenters. The van der Waals surface area contributed by atoms with Crippen LogP contribution in [0.15, 0.2) is 24.3 Å². The van der Waals surface area contributed by atoms with E-state index in [1.165, 1.54) is 18.6 Å². The standard InChI is InChI=1S/C20H30O4/c1-4-5-11-16(12-7-6-10-15(2)3)24-20(23)18-14-9-8-13-17(18)19(21)22/h8-9,13-16H,4-7,10-12H2,1-3H3,(H,21,22). The second-order valence-corrected chi connectivity index (χ2v) is 6.70. The first kappa shape index (κ1) is 20.2. The fraction of sp³-hybridized carbons (Fsp3) is 0.600. The summed E-state index contributed by atoms with van der Waals surface area (Å²) in [5, 5.41) is 9.21. The zero-order valence-corrected chi connectivity index (χ0v) is 15.1. The number of carboxylic acids is 1. The average Bonchev–Trinajstić information content (AvgIpc) is 2.55. The number of aromatic carboxylic acids is 1. The monoisotopic (exact) mass is 334 g/mol. The topological polar surface area (TPSA) is 63.6 Å². The Bertz CT molecular complexity index is 522. The second kappa shape index (κ2) is 10.8. The highest BCUT2D eigenvalue weighted by atomic mass is 16.5. The van der Waals surface area contributed by atoms with Crippen molar-refractivity contribution in [2.45, 2.75) is 71.8 Å². The molecule has 0 amide bonds. The van der Waals surface area contributed by atoms with E-state index in [9.17, 15) is 14.7 Å². The van der Waals surface area contributed by atoms with Crippen molar-refractivity contribution >= 4 is 11.9 Å². The lowest BCUT2D eigenvalue weighted by Gasteiger charge is -2.18. The number of rotatable bonds is 11. The Balaban J connectivity index is 2.67. The smallest absolute Gasteiger partial charge is 0.339 e. The lowest BCUT2D eigenvalue weighted by atomic mass is 10.0. The van der Waals surface area contributed by atoms with Crippen LogP contribution >= 0.6 is 0 Å².